The summed E-state index contributed by atoms with van der Waals surface area (Å²) in [6, 6.07) is -0.00190. The van der Waals surface area contributed by atoms with Crippen molar-refractivity contribution in [3.63, 3.8) is 0 Å². The van der Waals surface area contributed by atoms with E-state index in [1.807, 2.05) is 0 Å². The molecule has 0 radical (unpaired) electrons. The molecule has 0 aliphatic heterocycles. The average Bonchev–Trinajstić information content (AvgIpc) is 2.73. The monoisotopic (exact) mass is 288 g/mol. The fraction of sp³-hybridized carbons (Fsp3) is 0.700. The number of primary sulfonamides is 1. The first kappa shape index (κ1) is 13.9. The zero-order chi connectivity index (χ0) is 14.2. The van der Waals surface area contributed by atoms with Gasteiger partial charge in [0.25, 0.3) is 0 Å². The van der Waals surface area contributed by atoms with Crippen LogP contribution in [-0.4, -0.2) is 23.1 Å². The Kier molecular flexibility index (Phi) is 3.59. The van der Waals surface area contributed by atoms with Crippen LogP contribution in [0.25, 0.3) is 0 Å². The van der Waals surface area contributed by atoms with E-state index in [4.69, 9.17) is 5.14 Å². The van der Waals surface area contributed by atoms with E-state index in [1.54, 1.807) is 0 Å². The Morgan fingerprint density at radius 2 is 2.21 bits per heavy atom. The van der Waals surface area contributed by atoms with E-state index >= 15 is 0 Å². The number of rotatable bonds is 3. The van der Waals surface area contributed by atoms with E-state index in [9.17, 15) is 18.5 Å². The first-order chi connectivity index (χ1) is 8.79. The molecular weight excluding hydrogens is 272 g/mol. The number of nitrogens with two attached hydrogens (primary N) is 1. The molecule has 8 nitrogen and oxygen atoms in total. The Bertz CT molecular complexity index is 595. The van der Waals surface area contributed by atoms with Crippen molar-refractivity contribution in [3.05, 3.63) is 16.3 Å². The van der Waals surface area contributed by atoms with Crippen molar-refractivity contribution in [2.24, 2.45) is 11.1 Å². The van der Waals surface area contributed by atoms with Crippen LogP contribution in [0.2, 0.25) is 0 Å². The second kappa shape index (κ2) is 4.89. The van der Waals surface area contributed by atoms with Gasteiger partial charge in [0.15, 0.2) is 0 Å². The molecule has 19 heavy (non-hydrogen) atoms. The molecule has 0 spiro atoms. The second-order valence-electron chi connectivity index (χ2n) is 5.02. The van der Waals surface area contributed by atoms with Crippen molar-refractivity contribution >= 4 is 15.8 Å². The number of sulfonamides is 1. The molecule has 106 valence electrons. The van der Waals surface area contributed by atoms with Crippen LogP contribution in [-0.2, 0) is 10.0 Å². The molecule has 1 fully saturated rings. The zero-order valence-electron chi connectivity index (χ0n) is 10.5. The van der Waals surface area contributed by atoms with Gasteiger partial charge >= 0.3 is 5.82 Å². The number of aromatic nitrogens is 2. The molecule has 0 bridgehead atoms. The van der Waals surface area contributed by atoms with Crippen LogP contribution in [0, 0.1) is 16.0 Å². The number of nitrogens with zero attached hydrogens (tertiary/aromatic N) is 3. The Hall–Kier alpha value is -1.48. The van der Waals surface area contributed by atoms with Gasteiger partial charge in [-0.05, 0) is 23.7 Å². The normalized spacial score (nSPS) is 24.3. The molecule has 2 N–H and O–H groups in total. The number of hydrogen-bond donors (Lipinski definition) is 1. The van der Waals surface area contributed by atoms with Gasteiger partial charge in [-0.25, -0.2) is 13.6 Å². The summed E-state index contributed by atoms with van der Waals surface area (Å²) in [5, 5.41) is 19.6. The predicted octanol–water partition coefficient (Wildman–Crippen LogP) is 1.19. The quantitative estimate of drug-likeness (QED) is 0.661. The largest absolute Gasteiger partial charge is 0.410 e. The fourth-order valence-electron chi connectivity index (χ4n) is 2.52. The third-order valence-electron chi connectivity index (χ3n) is 3.44. The highest BCUT2D eigenvalue weighted by Gasteiger charge is 2.32. The van der Waals surface area contributed by atoms with E-state index in [2.05, 4.69) is 12.0 Å². The number of hydrogen-bond acceptors (Lipinski definition) is 5. The van der Waals surface area contributed by atoms with Crippen LogP contribution in [0.4, 0.5) is 5.82 Å². The SMILES string of the molecule is CC1CCCC(n2cc(S(N)(=O)=O)c([N+](=O)[O-])n2)C1. The van der Waals surface area contributed by atoms with Gasteiger partial charge in [0.1, 0.15) is 0 Å². The summed E-state index contributed by atoms with van der Waals surface area (Å²) in [5.74, 6) is -0.194. The minimum absolute atomic E-state index is 0.00190. The lowest BCUT2D eigenvalue weighted by Crippen LogP contribution is -2.18. The first-order valence-corrected chi connectivity index (χ1v) is 7.60. The molecular formula is C10H16N4O4S. The lowest BCUT2D eigenvalue weighted by Gasteiger charge is -2.24. The molecule has 2 atom stereocenters. The van der Waals surface area contributed by atoms with Crippen molar-refractivity contribution < 1.29 is 13.3 Å². The molecule has 0 amide bonds. The lowest BCUT2D eigenvalue weighted by molar-refractivity contribution is -0.392. The summed E-state index contributed by atoms with van der Waals surface area (Å²) in [4.78, 5) is 9.50. The average molecular weight is 288 g/mol. The summed E-state index contributed by atoms with van der Waals surface area (Å²) >= 11 is 0. The smallest absolute Gasteiger partial charge is 0.358 e. The molecule has 0 aromatic carbocycles. The molecule has 1 aromatic rings. The Morgan fingerprint density at radius 3 is 2.68 bits per heavy atom. The molecule has 1 saturated carbocycles. The van der Waals surface area contributed by atoms with Crippen LogP contribution in [0.3, 0.4) is 0 Å². The summed E-state index contributed by atoms with van der Waals surface area (Å²) in [7, 11) is -4.13. The minimum Gasteiger partial charge on any atom is -0.358 e. The van der Waals surface area contributed by atoms with Crippen molar-refractivity contribution in [3.8, 4) is 0 Å². The third kappa shape index (κ3) is 2.92. The lowest BCUT2D eigenvalue weighted by atomic mass is 9.87. The fourth-order valence-corrected chi connectivity index (χ4v) is 3.15. The van der Waals surface area contributed by atoms with Gasteiger partial charge in [0.05, 0.1) is 17.3 Å². The molecule has 0 saturated heterocycles. The molecule has 1 aromatic heterocycles. The maximum absolute atomic E-state index is 11.3. The van der Waals surface area contributed by atoms with Crippen LogP contribution in [0.5, 0.6) is 0 Å². The van der Waals surface area contributed by atoms with Gasteiger partial charge in [0, 0.05) is 0 Å². The Labute approximate surface area is 110 Å². The van der Waals surface area contributed by atoms with Crippen LogP contribution in [0.15, 0.2) is 11.1 Å². The van der Waals surface area contributed by atoms with Gasteiger partial charge in [-0.2, -0.15) is 4.68 Å². The Balaban J connectivity index is 2.40. The summed E-state index contributed by atoms with van der Waals surface area (Å²) in [6.07, 6.45) is 4.97. The van der Waals surface area contributed by atoms with E-state index in [1.165, 1.54) is 10.9 Å². The van der Waals surface area contributed by atoms with Crippen molar-refractivity contribution in [2.45, 2.75) is 43.5 Å². The van der Waals surface area contributed by atoms with Crippen LogP contribution >= 0.6 is 0 Å². The van der Waals surface area contributed by atoms with E-state index < -0.39 is 25.7 Å². The van der Waals surface area contributed by atoms with E-state index in [-0.39, 0.29) is 6.04 Å². The molecule has 1 heterocycles. The van der Waals surface area contributed by atoms with Crippen LogP contribution in [0.1, 0.15) is 38.6 Å². The molecule has 2 unspecified atom stereocenters. The summed E-state index contributed by atoms with van der Waals surface area (Å²) < 4.78 is 24.1. The predicted molar refractivity (Wildman–Crippen MR) is 66.9 cm³/mol. The highest BCUT2D eigenvalue weighted by molar-refractivity contribution is 7.89. The van der Waals surface area contributed by atoms with Gasteiger partial charge in [0.2, 0.25) is 14.9 Å². The minimum atomic E-state index is -4.13. The summed E-state index contributed by atoms with van der Waals surface area (Å²) in [6.45, 7) is 2.10. The summed E-state index contributed by atoms with van der Waals surface area (Å²) in [5.41, 5.74) is 0. The second-order valence-corrected chi connectivity index (χ2v) is 6.55. The van der Waals surface area contributed by atoms with E-state index in [0.717, 1.165) is 25.7 Å². The molecule has 1 aliphatic rings. The topological polar surface area (TPSA) is 121 Å². The Morgan fingerprint density at radius 1 is 1.53 bits per heavy atom. The number of nitro groups is 1. The van der Waals surface area contributed by atoms with Gasteiger partial charge in [-0.1, -0.05) is 19.8 Å². The standard InChI is InChI=1S/C10H16N4O4S/c1-7-3-2-4-8(5-7)13-6-9(19(11,17)18)10(12-13)14(15)16/h6-8H,2-5H2,1H3,(H2,11,17,18). The van der Waals surface area contributed by atoms with Crippen molar-refractivity contribution in [1.29, 1.82) is 0 Å². The molecule has 2 rings (SSSR count). The van der Waals surface area contributed by atoms with Gasteiger partial charge in [-0.3, -0.25) is 0 Å². The van der Waals surface area contributed by atoms with E-state index in [0.29, 0.717) is 5.92 Å². The maximum atomic E-state index is 11.3. The van der Waals surface area contributed by atoms with Crippen molar-refractivity contribution in [2.75, 3.05) is 0 Å². The highest BCUT2D eigenvalue weighted by Crippen LogP contribution is 2.33. The zero-order valence-corrected chi connectivity index (χ0v) is 11.3. The molecule has 9 heteroatoms. The van der Waals surface area contributed by atoms with Gasteiger partial charge < -0.3 is 10.1 Å². The van der Waals surface area contributed by atoms with Crippen molar-refractivity contribution in [1.82, 2.24) is 9.78 Å². The third-order valence-corrected chi connectivity index (χ3v) is 4.34. The maximum Gasteiger partial charge on any atom is 0.410 e. The van der Waals surface area contributed by atoms with Crippen LogP contribution < -0.4 is 5.14 Å². The van der Waals surface area contributed by atoms with Gasteiger partial charge in [-0.15, -0.1) is 0 Å². The highest BCUT2D eigenvalue weighted by atomic mass is 32.2. The molecule has 1 aliphatic carbocycles. The first-order valence-electron chi connectivity index (χ1n) is 6.05.